The second kappa shape index (κ2) is 3.31. The van der Waals surface area contributed by atoms with E-state index in [1.165, 1.54) is 6.07 Å². The highest BCUT2D eigenvalue weighted by Crippen LogP contribution is 2.20. The molecular weight excluding hydrogens is 158 g/mol. The van der Waals surface area contributed by atoms with Gasteiger partial charge in [0.05, 0.1) is 4.11 Å². The number of nitrogen functional groups attached to an aromatic ring is 1. The molecule has 1 nitrogen and oxygen atoms in total. The van der Waals surface area contributed by atoms with Crippen molar-refractivity contribution in [3.8, 4) is 11.1 Å². The van der Waals surface area contributed by atoms with E-state index < -0.39 is 0 Å². The predicted octanol–water partition coefficient (Wildman–Crippen LogP) is 2.94. The molecule has 0 radical (unpaired) electrons. The molecule has 0 bridgehead atoms. The Balaban J connectivity index is 2.69. The molecule has 0 amide bonds. The minimum absolute atomic E-state index is 0.00477. The van der Waals surface area contributed by atoms with E-state index in [0.717, 1.165) is 5.56 Å². The van der Waals surface area contributed by atoms with Crippen LogP contribution in [0.2, 0.25) is 2.82 Å². The molecule has 0 aliphatic rings. The maximum atomic E-state index is 7.86. The number of anilines is 1. The normalized spacial score (nSPS) is 14.9. The third-order valence-electron chi connectivity index (χ3n) is 1.75. The first-order valence-corrected chi connectivity index (χ1v) is 3.96. The lowest BCUT2D eigenvalue weighted by molar-refractivity contribution is 1.61. The van der Waals surface area contributed by atoms with Crippen LogP contribution in [0, 0.1) is 0 Å². The van der Waals surface area contributed by atoms with Crippen molar-refractivity contribution in [1.82, 2.24) is 0 Å². The fourth-order valence-corrected chi connectivity index (χ4v) is 1.14. The Morgan fingerprint density at radius 2 is 1.92 bits per heavy atom. The molecule has 0 fully saturated rings. The summed E-state index contributed by atoms with van der Waals surface area (Å²) < 4.78 is 37.6. The van der Waals surface area contributed by atoms with Crippen LogP contribution in [0.4, 0.5) is 5.69 Å². The average Bonchev–Trinajstić information content (AvgIpc) is 2.37. The van der Waals surface area contributed by atoms with Crippen molar-refractivity contribution in [2.75, 3.05) is 5.72 Å². The molecule has 0 aromatic heterocycles. The van der Waals surface area contributed by atoms with Crippen LogP contribution in [-0.2, 0) is 0 Å². The summed E-state index contributed by atoms with van der Waals surface area (Å²) in [5, 5.41) is 0. The fraction of sp³-hybridized carbons (Fsp3) is 0. The second-order valence-electron chi connectivity index (χ2n) is 2.68. The highest BCUT2D eigenvalue weighted by Gasteiger charge is 1.94. The van der Waals surface area contributed by atoms with E-state index in [1.54, 1.807) is 12.1 Å². The Bertz CT molecular complexity index is 568. The molecule has 2 N–H and O–H groups in total. The number of hydrogen-bond acceptors (Lipinski definition) is 1. The van der Waals surface area contributed by atoms with Crippen LogP contribution in [0.15, 0.2) is 54.5 Å². The monoisotopic (exact) mass is 174 g/mol. The van der Waals surface area contributed by atoms with E-state index in [-0.39, 0.29) is 23.8 Å². The SMILES string of the molecule is [2H]c1c(-c2ccccc2)cc(N([2H])[2H])c([2H])c1[2H]. The van der Waals surface area contributed by atoms with Gasteiger partial charge in [-0.2, -0.15) is 0 Å². The largest absolute Gasteiger partial charge is 0.399 e. The van der Waals surface area contributed by atoms with Gasteiger partial charge in [-0.25, -0.2) is 0 Å². The topological polar surface area (TPSA) is 26.0 Å². The standard InChI is InChI=1S/C12H11N/c13-12-8-4-7-11(9-12)10-5-2-1-3-6-10/h1-9H,13H2/i4D,7D,8D/hD2. The van der Waals surface area contributed by atoms with Crippen LogP contribution in [0.1, 0.15) is 4.11 Å². The van der Waals surface area contributed by atoms with Crippen molar-refractivity contribution < 1.29 is 6.94 Å². The van der Waals surface area contributed by atoms with Crippen LogP contribution in [0.3, 0.4) is 0 Å². The van der Waals surface area contributed by atoms with Crippen LogP contribution in [-0.4, -0.2) is 0 Å². The van der Waals surface area contributed by atoms with Crippen molar-refractivity contribution in [2.45, 2.75) is 0 Å². The Hall–Kier alpha value is -1.76. The summed E-state index contributed by atoms with van der Waals surface area (Å²) in [5.41, 5.74) is 1.48. The third-order valence-corrected chi connectivity index (χ3v) is 1.75. The van der Waals surface area contributed by atoms with E-state index in [9.17, 15) is 0 Å². The lowest BCUT2D eigenvalue weighted by Gasteiger charge is -2.01. The zero-order valence-corrected chi connectivity index (χ0v) is 6.91. The van der Waals surface area contributed by atoms with Crippen molar-refractivity contribution >= 4 is 5.69 Å². The number of nitrogens with two attached hydrogens (primary N) is 1. The Labute approximate surface area is 85.0 Å². The summed E-state index contributed by atoms with van der Waals surface area (Å²) in [6.45, 7) is 0. The second-order valence-corrected chi connectivity index (χ2v) is 2.68. The minimum Gasteiger partial charge on any atom is -0.399 e. The molecule has 0 spiro atoms. The minimum atomic E-state index is -0.273. The molecule has 0 saturated carbocycles. The lowest BCUT2D eigenvalue weighted by atomic mass is 10.1. The molecule has 0 saturated heterocycles. The fourth-order valence-electron chi connectivity index (χ4n) is 1.14. The van der Waals surface area contributed by atoms with E-state index >= 15 is 0 Å². The van der Waals surface area contributed by atoms with Gasteiger partial charge in [-0.05, 0) is 23.2 Å². The first-order chi connectivity index (χ1) is 8.52. The molecule has 0 atom stereocenters. The third kappa shape index (κ3) is 1.70. The van der Waals surface area contributed by atoms with Crippen LogP contribution < -0.4 is 5.72 Å². The van der Waals surface area contributed by atoms with Crippen molar-refractivity contribution in [3.63, 3.8) is 0 Å². The zero-order valence-electron chi connectivity index (χ0n) is 11.9. The van der Waals surface area contributed by atoms with Gasteiger partial charge >= 0.3 is 0 Å². The molecule has 64 valence electrons. The van der Waals surface area contributed by atoms with Crippen molar-refractivity contribution in [3.05, 3.63) is 54.5 Å². The van der Waals surface area contributed by atoms with E-state index in [1.807, 2.05) is 18.2 Å². The van der Waals surface area contributed by atoms with Gasteiger partial charge < -0.3 is 5.72 Å². The molecule has 2 aromatic rings. The van der Waals surface area contributed by atoms with Gasteiger partial charge in [0.25, 0.3) is 0 Å². The first kappa shape index (κ1) is 3.97. The Kier molecular flexibility index (Phi) is 1.01. The lowest BCUT2D eigenvalue weighted by Crippen LogP contribution is -1.84. The zero-order chi connectivity index (χ0) is 13.3. The van der Waals surface area contributed by atoms with Crippen LogP contribution in [0.25, 0.3) is 11.1 Å². The highest BCUT2D eigenvalue weighted by molar-refractivity contribution is 5.66. The summed E-state index contributed by atoms with van der Waals surface area (Å²) in [5.74, 6) is 0. The van der Waals surface area contributed by atoms with Gasteiger partial charge in [-0.3, -0.25) is 0 Å². The average molecular weight is 174 g/mol. The summed E-state index contributed by atoms with van der Waals surface area (Å²) >= 11 is 0. The molecular formula is C12H11N. The molecule has 0 aliphatic carbocycles. The molecule has 0 aliphatic heterocycles. The van der Waals surface area contributed by atoms with Gasteiger partial charge in [-0.1, -0.05) is 42.4 Å². The molecule has 0 unspecified atom stereocenters. The number of rotatable bonds is 2. The van der Waals surface area contributed by atoms with Gasteiger partial charge in [0, 0.05) is 5.69 Å². The smallest absolute Gasteiger partial charge is 0.156 e. The summed E-state index contributed by atoms with van der Waals surface area (Å²) in [6, 6.07) is 9.87. The summed E-state index contributed by atoms with van der Waals surface area (Å²) in [4.78, 5) is 0. The van der Waals surface area contributed by atoms with Gasteiger partial charge in [0.15, 0.2) is 2.82 Å². The molecule has 1 heteroatoms. The van der Waals surface area contributed by atoms with Crippen molar-refractivity contribution in [2.24, 2.45) is 0 Å². The number of benzene rings is 2. The maximum Gasteiger partial charge on any atom is 0.156 e. The quantitative estimate of drug-likeness (QED) is 0.696. The van der Waals surface area contributed by atoms with Gasteiger partial charge in [0.1, 0.15) is 0 Å². The van der Waals surface area contributed by atoms with Crippen LogP contribution >= 0.6 is 0 Å². The van der Waals surface area contributed by atoms with Gasteiger partial charge in [-0.15, -0.1) is 0 Å². The first-order valence-electron chi connectivity index (χ1n) is 6.36. The summed E-state index contributed by atoms with van der Waals surface area (Å²) in [6.07, 6.45) is 0. The number of hydrogen-bond donors (Lipinski definition) is 1. The van der Waals surface area contributed by atoms with E-state index in [4.69, 9.17) is 6.94 Å². The predicted molar refractivity (Wildman–Crippen MR) is 56.3 cm³/mol. The van der Waals surface area contributed by atoms with Crippen molar-refractivity contribution in [1.29, 1.82) is 0 Å². The molecule has 0 heterocycles. The van der Waals surface area contributed by atoms with E-state index in [0.29, 0.717) is 11.3 Å². The van der Waals surface area contributed by atoms with Gasteiger partial charge in [0.2, 0.25) is 0 Å². The maximum absolute atomic E-state index is 7.86. The molecule has 13 heavy (non-hydrogen) atoms. The summed E-state index contributed by atoms with van der Waals surface area (Å²) in [7, 11) is 0. The molecule has 2 rings (SSSR count). The molecule has 2 aromatic carbocycles. The van der Waals surface area contributed by atoms with Crippen LogP contribution in [0.5, 0.6) is 0 Å². The Morgan fingerprint density at radius 3 is 2.69 bits per heavy atom. The van der Waals surface area contributed by atoms with E-state index in [2.05, 4.69) is 0 Å². The highest BCUT2D eigenvalue weighted by atomic mass is 14.5. The Morgan fingerprint density at radius 1 is 1.08 bits per heavy atom.